The Hall–Kier alpha value is -4.66. The van der Waals surface area contributed by atoms with Gasteiger partial charge in [-0.3, -0.25) is 9.59 Å². The maximum Gasteiger partial charge on any atom is 0.261 e. The molecular weight excluding hydrogens is 454 g/mol. The minimum absolute atomic E-state index is 0.0875. The van der Waals surface area contributed by atoms with Crippen LogP contribution in [0.25, 0.3) is 28.1 Å². The number of fused-ring (bicyclic) bond motifs is 1. The number of nitrogens with one attached hydrogen (secondary N) is 3. The Balaban J connectivity index is 1.56. The van der Waals surface area contributed by atoms with Gasteiger partial charge in [0.2, 0.25) is 5.91 Å². The van der Waals surface area contributed by atoms with E-state index in [9.17, 15) is 9.59 Å². The average molecular weight is 482 g/mol. The molecule has 36 heavy (non-hydrogen) atoms. The molecule has 2 aromatic carbocycles. The topological polar surface area (TPSA) is 112 Å². The summed E-state index contributed by atoms with van der Waals surface area (Å²) < 4.78 is 1.91. The molecule has 3 aromatic heterocycles. The number of H-pyrrole nitrogens is 2. The first-order chi connectivity index (χ1) is 17.4. The number of aromatic amines is 2. The highest BCUT2D eigenvalue weighted by Gasteiger charge is 2.24. The van der Waals surface area contributed by atoms with Crippen molar-refractivity contribution in [2.24, 2.45) is 0 Å². The summed E-state index contributed by atoms with van der Waals surface area (Å²) in [5, 5.41) is 3.33. The van der Waals surface area contributed by atoms with E-state index < -0.39 is 6.04 Å². The van der Waals surface area contributed by atoms with Crippen LogP contribution in [0.15, 0.2) is 78.2 Å². The van der Waals surface area contributed by atoms with Crippen molar-refractivity contribution in [3.05, 3.63) is 94.9 Å². The molecule has 9 heteroatoms. The molecule has 5 aromatic rings. The zero-order valence-corrected chi connectivity index (χ0v) is 20.3. The van der Waals surface area contributed by atoms with Crippen LogP contribution in [0.5, 0.6) is 0 Å². The normalized spacial score (nSPS) is 12.0. The van der Waals surface area contributed by atoms with Crippen molar-refractivity contribution in [3.8, 4) is 17.1 Å². The largest absolute Gasteiger partial charge is 0.373 e. The highest BCUT2D eigenvalue weighted by Crippen LogP contribution is 2.28. The van der Waals surface area contributed by atoms with Crippen LogP contribution in [0, 0.1) is 6.92 Å². The molecule has 0 radical (unpaired) electrons. The fourth-order valence-electron chi connectivity index (χ4n) is 4.33. The van der Waals surface area contributed by atoms with Crippen LogP contribution >= 0.6 is 0 Å². The number of amides is 1. The van der Waals surface area contributed by atoms with Crippen LogP contribution in [0.2, 0.25) is 0 Å². The van der Waals surface area contributed by atoms with Crippen LogP contribution in [0.4, 0.5) is 5.69 Å². The van der Waals surface area contributed by atoms with Crippen LogP contribution in [0.3, 0.4) is 0 Å². The van der Waals surface area contributed by atoms with Gasteiger partial charge in [-0.05, 0) is 36.2 Å². The number of nitrogens with zero attached hydrogens (tertiary/aromatic N) is 4. The molecule has 0 aliphatic carbocycles. The van der Waals surface area contributed by atoms with Crippen molar-refractivity contribution in [3.63, 3.8) is 0 Å². The molecule has 1 amide bonds. The summed E-state index contributed by atoms with van der Waals surface area (Å²) in [6, 6.07) is 15.0. The molecule has 0 bridgehead atoms. The first-order valence-corrected chi connectivity index (χ1v) is 11.6. The molecule has 0 saturated carbocycles. The minimum atomic E-state index is -0.568. The number of imidazole rings is 2. The molecule has 3 N–H and O–H groups in total. The molecule has 9 nitrogen and oxygen atoms in total. The Morgan fingerprint density at radius 2 is 1.97 bits per heavy atom. The maximum absolute atomic E-state index is 13.1. The van der Waals surface area contributed by atoms with E-state index in [1.54, 1.807) is 43.8 Å². The van der Waals surface area contributed by atoms with E-state index in [2.05, 4.69) is 20.3 Å². The van der Waals surface area contributed by atoms with Crippen molar-refractivity contribution in [1.82, 2.24) is 29.4 Å². The number of rotatable bonds is 7. The second kappa shape index (κ2) is 9.53. The number of likely N-dealkylation sites (N-methyl/N-ethyl adjacent to an activating group) is 1. The van der Waals surface area contributed by atoms with E-state index in [4.69, 9.17) is 4.98 Å². The molecule has 0 fully saturated rings. The lowest BCUT2D eigenvalue weighted by Gasteiger charge is -2.23. The third-order valence-electron chi connectivity index (χ3n) is 6.11. The van der Waals surface area contributed by atoms with Crippen molar-refractivity contribution < 1.29 is 4.79 Å². The van der Waals surface area contributed by atoms with Gasteiger partial charge in [0.25, 0.3) is 5.56 Å². The van der Waals surface area contributed by atoms with E-state index in [1.165, 1.54) is 0 Å². The van der Waals surface area contributed by atoms with Gasteiger partial charge in [-0.2, -0.15) is 0 Å². The quantitative estimate of drug-likeness (QED) is 0.329. The van der Waals surface area contributed by atoms with Gasteiger partial charge in [0, 0.05) is 44.8 Å². The van der Waals surface area contributed by atoms with Gasteiger partial charge in [0.05, 0.1) is 23.0 Å². The van der Waals surface area contributed by atoms with Gasteiger partial charge in [-0.1, -0.05) is 30.3 Å². The number of benzene rings is 2. The number of pyridine rings is 1. The highest BCUT2D eigenvalue weighted by atomic mass is 16.2. The number of hydrogen-bond donors (Lipinski definition) is 3. The second-order valence-corrected chi connectivity index (χ2v) is 8.93. The molecule has 0 aliphatic heterocycles. The maximum atomic E-state index is 13.1. The van der Waals surface area contributed by atoms with Crippen LogP contribution < -0.4 is 10.9 Å². The second-order valence-electron chi connectivity index (χ2n) is 8.93. The van der Waals surface area contributed by atoms with Crippen molar-refractivity contribution in [2.45, 2.75) is 19.4 Å². The molecule has 0 saturated heterocycles. The number of carbonyl (C=O) groups is 1. The van der Waals surface area contributed by atoms with E-state index in [1.807, 2.05) is 60.2 Å². The lowest BCUT2D eigenvalue weighted by molar-refractivity contribution is -0.129. The lowest BCUT2D eigenvalue weighted by Crippen LogP contribution is -2.40. The van der Waals surface area contributed by atoms with E-state index in [-0.39, 0.29) is 11.5 Å². The highest BCUT2D eigenvalue weighted by molar-refractivity contribution is 5.89. The van der Waals surface area contributed by atoms with Gasteiger partial charge in [0.15, 0.2) is 0 Å². The van der Waals surface area contributed by atoms with Crippen LogP contribution in [-0.4, -0.2) is 55.4 Å². The Bertz CT molecular complexity index is 1570. The third-order valence-corrected chi connectivity index (χ3v) is 6.11. The van der Waals surface area contributed by atoms with Gasteiger partial charge in [-0.25, -0.2) is 9.97 Å². The number of carbonyl (C=O) groups excluding carboxylic acids is 1. The zero-order valence-electron chi connectivity index (χ0n) is 20.3. The van der Waals surface area contributed by atoms with E-state index in [0.717, 1.165) is 27.8 Å². The summed E-state index contributed by atoms with van der Waals surface area (Å²) in [4.78, 5) is 42.6. The predicted molar refractivity (Wildman–Crippen MR) is 140 cm³/mol. The summed E-state index contributed by atoms with van der Waals surface area (Å²) in [6.07, 6.45) is 7.36. The summed E-state index contributed by atoms with van der Waals surface area (Å²) in [7, 11) is 3.45. The Labute approximate surface area is 207 Å². The molecule has 1 atom stereocenters. The van der Waals surface area contributed by atoms with Gasteiger partial charge in [-0.15, -0.1) is 0 Å². The first-order valence-electron chi connectivity index (χ1n) is 11.6. The van der Waals surface area contributed by atoms with Crippen molar-refractivity contribution in [2.75, 3.05) is 19.4 Å². The fourth-order valence-corrected chi connectivity index (χ4v) is 4.33. The number of aryl methyl sites for hydroxylation is 1. The first kappa shape index (κ1) is 23.1. The average Bonchev–Trinajstić information content (AvgIpc) is 3.54. The molecule has 0 spiro atoms. The summed E-state index contributed by atoms with van der Waals surface area (Å²) in [6.45, 7) is 1.98. The lowest BCUT2D eigenvalue weighted by atomic mass is 10.0. The number of anilines is 1. The van der Waals surface area contributed by atoms with Crippen LogP contribution in [-0.2, 0) is 11.2 Å². The standard InChI is InChI=1S/C27H27N7O2/c1-17-13-19(34-12-11-28-16-34)15-21-24(17)32-25(31-21)23-20(9-10-29-26(23)35)30-22(27(36)33(2)3)14-18-7-5-4-6-8-18/h4-13,15-16,22H,14H2,1-3H3,(H,31,32)(H2,29,30,35)/t22-/m0/s1. The predicted octanol–water partition coefficient (Wildman–Crippen LogP) is 3.52. The summed E-state index contributed by atoms with van der Waals surface area (Å²) in [5.74, 6) is 0.339. The monoisotopic (exact) mass is 481 g/mol. The zero-order chi connectivity index (χ0) is 25.2. The summed E-state index contributed by atoms with van der Waals surface area (Å²) in [5.41, 5.74) is 5.06. The van der Waals surface area contributed by atoms with Gasteiger partial charge >= 0.3 is 0 Å². The third kappa shape index (κ3) is 4.50. The molecule has 182 valence electrons. The van der Waals surface area contributed by atoms with Gasteiger partial charge < -0.3 is 24.8 Å². The fraction of sp³-hybridized carbons (Fsp3) is 0.185. The molecular formula is C27H27N7O2. The Kier molecular flexibility index (Phi) is 6.12. The number of hydrogen-bond acceptors (Lipinski definition) is 5. The molecule has 5 rings (SSSR count). The molecule has 0 aliphatic rings. The van der Waals surface area contributed by atoms with E-state index >= 15 is 0 Å². The number of aromatic nitrogens is 5. The minimum Gasteiger partial charge on any atom is -0.373 e. The summed E-state index contributed by atoms with van der Waals surface area (Å²) >= 11 is 0. The van der Waals surface area contributed by atoms with Crippen molar-refractivity contribution >= 4 is 22.6 Å². The SMILES string of the molecule is Cc1cc(-n2ccnc2)cc2[nH]c(-c3c(N[C@@H](Cc4ccccc4)C(=O)N(C)C)cc[nH]c3=O)nc12. The van der Waals surface area contributed by atoms with Gasteiger partial charge in [0.1, 0.15) is 17.4 Å². The molecule has 0 unspecified atom stereocenters. The smallest absolute Gasteiger partial charge is 0.261 e. The van der Waals surface area contributed by atoms with E-state index in [0.29, 0.717) is 23.5 Å². The van der Waals surface area contributed by atoms with Crippen molar-refractivity contribution in [1.29, 1.82) is 0 Å². The Morgan fingerprint density at radius 3 is 2.69 bits per heavy atom. The molecule has 3 heterocycles. The Morgan fingerprint density at radius 1 is 1.17 bits per heavy atom. The van der Waals surface area contributed by atoms with Crippen LogP contribution in [0.1, 0.15) is 11.1 Å².